The molecule has 0 aliphatic rings. The van der Waals surface area contributed by atoms with Crippen molar-refractivity contribution in [2.45, 2.75) is 52.0 Å². The average molecular weight is 328 g/mol. The molecule has 0 aliphatic carbocycles. The van der Waals surface area contributed by atoms with Crippen LogP contribution in [0.3, 0.4) is 0 Å². The van der Waals surface area contributed by atoms with Crippen LogP contribution in [0.4, 0.5) is 0 Å². The number of carbonyl (C=O) groups is 1. The number of rotatable bonds is 9. The fraction of sp³-hybridized carbons (Fsp3) is 0.562. The van der Waals surface area contributed by atoms with Gasteiger partial charge in [0, 0.05) is 6.42 Å². The number of hydrogen-bond acceptors (Lipinski definition) is 5. The van der Waals surface area contributed by atoms with Gasteiger partial charge in [0.15, 0.2) is 0 Å². The van der Waals surface area contributed by atoms with E-state index in [4.69, 9.17) is 13.8 Å². The molecule has 0 bridgehead atoms. The Hall–Kier alpha value is -1.16. The summed E-state index contributed by atoms with van der Waals surface area (Å²) in [5.41, 5.74) is 0.109. The lowest BCUT2D eigenvalue weighted by Gasteiger charge is -2.29. The summed E-state index contributed by atoms with van der Waals surface area (Å²) in [5, 5.41) is 0. The van der Waals surface area contributed by atoms with Crippen LogP contribution >= 0.6 is 7.60 Å². The summed E-state index contributed by atoms with van der Waals surface area (Å²) in [6, 6.07) is 7.10. The molecule has 0 aliphatic heterocycles. The molecule has 0 heterocycles. The molecule has 0 fully saturated rings. The molecule has 124 valence electrons. The second kappa shape index (κ2) is 8.47. The van der Waals surface area contributed by atoms with Gasteiger partial charge in [-0.1, -0.05) is 12.1 Å². The van der Waals surface area contributed by atoms with Gasteiger partial charge in [-0.2, -0.15) is 0 Å². The predicted octanol–water partition coefficient (Wildman–Crippen LogP) is 4.37. The second-order valence-corrected chi connectivity index (χ2v) is 7.66. The van der Waals surface area contributed by atoms with E-state index in [1.54, 1.807) is 59.1 Å². The van der Waals surface area contributed by atoms with Crippen LogP contribution in [0.25, 0.3) is 0 Å². The Morgan fingerprint density at radius 1 is 1.05 bits per heavy atom. The maximum atomic E-state index is 13.2. The Kier molecular flexibility index (Phi) is 7.27. The van der Waals surface area contributed by atoms with Crippen molar-refractivity contribution >= 4 is 13.9 Å². The van der Waals surface area contributed by atoms with Gasteiger partial charge < -0.3 is 18.6 Å². The van der Waals surface area contributed by atoms with Crippen LogP contribution in [0.2, 0.25) is 0 Å². The minimum Gasteiger partial charge on any atom is -0.497 e. The van der Waals surface area contributed by atoms with Crippen molar-refractivity contribution in [2.75, 3.05) is 7.11 Å². The predicted molar refractivity (Wildman–Crippen MR) is 86.5 cm³/mol. The summed E-state index contributed by atoms with van der Waals surface area (Å²) in [4.78, 5) is 11.1. The maximum Gasteiger partial charge on any atom is 0.339 e. The molecule has 0 amide bonds. The molecule has 1 aromatic carbocycles. The van der Waals surface area contributed by atoms with Crippen LogP contribution in [-0.2, 0) is 18.4 Å². The highest BCUT2D eigenvalue weighted by molar-refractivity contribution is 7.54. The highest BCUT2D eigenvalue weighted by Gasteiger charge is 2.38. The zero-order valence-corrected chi connectivity index (χ0v) is 14.7. The van der Waals surface area contributed by atoms with Crippen molar-refractivity contribution in [3.63, 3.8) is 0 Å². The second-order valence-electron chi connectivity index (χ2n) is 5.54. The van der Waals surface area contributed by atoms with E-state index in [9.17, 15) is 9.36 Å². The zero-order valence-electron chi connectivity index (χ0n) is 13.8. The van der Waals surface area contributed by atoms with Crippen molar-refractivity contribution in [3.05, 3.63) is 29.8 Å². The van der Waals surface area contributed by atoms with E-state index in [0.717, 1.165) is 11.8 Å². The molecule has 5 nitrogen and oxygen atoms in total. The van der Waals surface area contributed by atoms with Gasteiger partial charge in [-0.15, -0.1) is 0 Å². The van der Waals surface area contributed by atoms with E-state index < -0.39 is 13.3 Å². The molecule has 1 aromatic rings. The Morgan fingerprint density at radius 3 is 1.91 bits per heavy atom. The summed E-state index contributed by atoms with van der Waals surface area (Å²) < 4.78 is 29.6. The Bertz CT molecular complexity index is 496. The van der Waals surface area contributed by atoms with Gasteiger partial charge in [0.25, 0.3) is 0 Å². The summed E-state index contributed by atoms with van der Waals surface area (Å²) in [6.07, 6.45) is 0.284. The molecule has 0 saturated carbocycles. The van der Waals surface area contributed by atoms with Crippen LogP contribution < -0.4 is 4.74 Å². The zero-order chi connectivity index (χ0) is 16.8. The third-order valence-corrected chi connectivity index (χ3v) is 5.62. The quantitative estimate of drug-likeness (QED) is 0.497. The van der Waals surface area contributed by atoms with Gasteiger partial charge in [-0.3, -0.25) is 4.57 Å². The Balaban J connectivity index is 3.21. The van der Waals surface area contributed by atoms with Crippen LogP contribution in [0.1, 0.15) is 45.3 Å². The van der Waals surface area contributed by atoms with E-state index in [1.165, 1.54) is 0 Å². The van der Waals surface area contributed by atoms with Gasteiger partial charge in [0.2, 0.25) is 0 Å². The average Bonchev–Trinajstić information content (AvgIpc) is 2.43. The molecule has 0 aromatic heterocycles. The monoisotopic (exact) mass is 328 g/mol. The molecule has 0 saturated heterocycles. The molecule has 0 radical (unpaired) electrons. The lowest BCUT2D eigenvalue weighted by molar-refractivity contribution is -0.108. The molecule has 0 unspecified atom stereocenters. The van der Waals surface area contributed by atoms with Gasteiger partial charge in [0.05, 0.1) is 25.0 Å². The van der Waals surface area contributed by atoms with E-state index >= 15 is 0 Å². The first-order chi connectivity index (χ1) is 10.3. The molecule has 1 rings (SSSR count). The number of benzene rings is 1. The number of ether oxygens (including phenoxy) is 1. The maximum absolute atomic E-state index is 13.2. The Labute approximate surface area is 132 Å². The fourth-order valence-corrected chi connectivity index (χ4v) is 4.52. The van der Waals surface area contributed by atoms with Crippen LogP contribution in [-0.4, -0.2) is 25.6 Å². The molecule has 6 heteroatoms. The third-order valence-electron chi connectivity index (χ3n) is 2.92. The van der Waals surface area contributed by atoms with Crippen molar-refractivity contribution in [3.8, 4) is 5.75 Å². The first kappa shape index (κ1) is 18.9. The van der Waals surface area contributed by atoms with E-state index in [2.05, 4.69) is 0 Å². The smallest absolute Gasteiger partial charge is 0.339 e. The molecular formula is C16H25O5P. The Morgan fingerprint density at radius 2 is 1.55 bits per heavy atom. The molecule has 0 N–H and O–H groups in total. The first-order valence-corrected chi connectivity index (χ1v) is 8.97. The number of aldehydes is 1. The fourth-order valence-electron chi connectivity index (χ4n) is 2.12. The molecule has 22 heavy (non-hydrogen) atoms. The van der Waals surface area contributed by atoms with E-state index in [-0.39, 0.29) is 18.6 Å². The van der Waals surface area contributed by atoms with Crippen LogP contribution in [0.5, 0.6) is 5.75 Å². The van der Waals surface area contributed by atoms with Crippen molar-refractivity contribution in [2.24, 2.45) is 0 Å². The standard InChI is InChI=1S/C16H25O5P/c1-12(2)20-22(18,21-13(3)4)16(10-11-17)14-6-8-15(19-5)9-7-14/h6-9,11-13,16H,10H2,1-5H3/t16-/m0/s1. The minimum atomic E-state index is -3.48. The minimum absolute atomic E-state index is 0.0725. The summed E-state index contributed by atoms with van der Waals surface area (Å²) in [7, 11) is -1.90. The lowest BCUT2D eigenvalue weighted by atomic mass is 10.1. The summed E-state index contributed by atoms with van der Waals surface area (Å²) in [5.74, 6) is 0.693. The van der Waals surface area contributed by atoms with Crippen molar-refractivity contribution in [1.82, 2.24) is 0 Å². The first-order valence-electron chi connectivity index (χ1n) is 7.36. The van der Waals surface area contributed by atoms with Crippen LogP contribution in [0, 0.1) is 0 Å². The largest absolute Gasteiger partial charge is 0.497 e. The van der Waals surface area contributed by atoms with Crippen molar-refractivity contribution in [1.29, 1.82) is 0 Å². The number of hydrogen-bond donors (Lipinski definition) is 0. The third kappa shape index (κ3) is 5.24. The van der Waals surface area contributed by atoms with Gasteiger partial charge >= 0.3 is 7.60 Å². The number of methoxy groups -OCH3 is 1. The molecular weight excluding hydrogens is 303 g/mol. The van der Waals surface area contributed by atoms with Crippen LogP contribution in [0.15, 0.2) is 24.3 Å². The SMILES string of the molecule is COc1ccc([C@H](CC=O)P(=O)(OC(C)C)OC(C)C)cc1. The summed E-state index contributed by atoms with van der Waals surface area (Å²) >= 11 is 0. The van der Waals surface area contributed by atoms with Gasteiger partial charge in [0.1, 0.15) is 12.0 Å². The summed E-state index contributed by atoms with van der Waals surface area (Å²) in [6.45, 7) is 7.18. The van der Waals surface area contributed by atoms with Gasteiger partial charge in [-0.25, -0.2) is 0 Å². The van der Waals surface area contributed by atoms with E-state index in [0.29, 0.717) is 5.75 Å². The van der Waals surface area contributed by atoms with Crippen molar-refractivity contribution < 1.29 is 23.1 Å². The molecule has 1 atom stereocenters. The van der Waals surface area contributed by atoms with E-state index in [1.807, 2.05) is 0 Å². The topological polar surface area (TPSA) is 61.8 Å². The highest BCUT2D eigenvalue weighted by atomic mass is 31.2. The number of carbonyl (C=O) groups excluding carboxylic acids is 1. The normalized spacial score (nSPS) is 13.4. The highest BCUT2D eigenvalue weighted by Crippen LogP contribution is 2.63. The van der Waals surface area contributed by atoms with Gasteiger partial charge in [-0.05, 0) is 45.4 Å². The lowest BCUT2D eigenvalue weighted by Crippen LogP contribution is -2.14. The molecule has 0 spiro atoms.